The lowest BCUT2D eigenvalue weighted by molar-refractivity contribution is -0.00362. The van der Waals surface area contributed by atoms with Gasteiger partial charge in [-0.15, -0.1) is 0 Å². The summed E-state index contributed by atoms with van der Waals surface area (Å²) in [6.45, 7) is 2.18. The molecule has 2 atom stereocenters. The van der Waals surface area contributed by atoms with Gasteiger partial charge in [-0.1, -0.05) is 0 Å². The highest BCUT2D eigenvalue weighted by atomic mass is 16.3. The minimum absolute atomic E-state index is 0.0620. The molecule has 1 spiro atoms. The van der Waals surface area contributed by atoms with Crippen molar-refractivity contribution in [2.24, 2.45) is 11.1 Å². The SMILES string of the molecule is CN1CCC2(CC1)C(N)CCC2O. The average molecular weight is 184 g/mol. The highest BCUT2D eigenvalue weighted by molar-refractivity contribution is 5.02. The van der Waals surface area contributed by atoms with Crippen LogP contribution in [0.3, 0.4) is 0 Å². The molecule has 13 heavy (non-hydrogen) atoms. The molecule has 1 heterocycles. The maximum Gasteiger partial charge on any atom is 0.0612 e. The molecule has 1 aliphatic heterocycles. The van der Waals surface area contributed by atoms with Gasteiger partial charge in [-0.2, -0.15) is 0 Å². The number of aliphatic hydroxyl groups excluding tert-OH is 1. The molecule has 2 rings (SSSR count). The molecule has 1 aliphatic carbocycles. The van der Waals surface area contributed by atoms with Crippen molar-refractivity contribution >= 4 is 0 Å². The van der Waals surface area contributed by atoms with Crippen LogP contribution in [0.2, 0.25) is 0 Å². The zero-order chi connectivity index (χ0) is 9.47. The number of nitrogens with two attached hydrogens (primary N) is 1. The number of likely N-dealkylation sites (tertiary alicyclic amines) is 1. The number of nitrogens with zero attached hydrogens (tertiary/aromatic N) is 1. The van der Waals surface area contributed by atoms with E-state index in [-0.39, 0.29) is 17.6 Å². The van der Waals surface area contributed by atoms with Crippen LogP contribution < -0.4 is 5.73 Å². The van der Waals surface area contributed by atoms with Crippen LogP contribution in [0.1, 0.15) is 25.7 Å². The van der Waals surface area contributed by atoms with Crippen molar-refractivity contribution in [1.29, 1.82) is 0 Å². The number of aliphatic hydroxyl groups is 1. The normalized spacial score (nSPS) is 39.9. The van der Waals surface area contributed by atoms with E-state index in [1.165, 1.54) is 0 Å². The van der Waals surface area contributed by atoms with Gasteiger partial charge in [-0.25, -0.2) is 0 Å². The van der Waals surface area contributed by atoms with Crippen LogP contribution in [-0.4, -0.2) is 42.3 Å². The monoisotopic (exact) mass is 184 g/mol. The van der Waals surface area contributed by atoms with Crippen molar-refractivity contribution in [3.05, 3.63) is 0 Å². The highest BCUT2D eigenvalue weighted by Crippen LogP contribution is 2.45. The van der Waals surface area contributed by atoms with Crippen molar-refractivity contribution in [2.45, 2.75) is 37.8 Å². The van der Waals surface area contributed by atoms with E-state index in [2.05, 4.69) is 11.9 Å². The average Bonchev–Trinajstić information content (AvgIpc) is 2.39. The third kappa shape index (κ3) is 1.39. The van der Waals surface area contributed by atoms with Gasteiger partial charge < -0.3 is 15.7 Å². The zero-order valence-electron chi connectivity index (χ0n) is 8.37. The lowest BCUT2D eigenvalue weighted by atomic mass is 9.73. The minimum atomic E-state index is -0.142. The smallest absolute Gasteiger partial charge is 0.0612 e. The summed E-state index contributed by atoms with van der Waals surface area (Å²) < 4.78 is 0. The van der Waals surface area contributed by atoms with Crippen LogP contribution in [0, 0.1) is 5.41 Å². The van der Waals surface area contributed by atoms with Crippen molar-refractivity contribution < 1.29 is 5.11 Å². The second-order valence-corrected chi connectivity index (χ2v) is 4.74. The second kappa shape index (κ2) is 3.23. The Morgan fingerprint density at radius 1 is 1.31 bits per heavy atom. The van der Waals surface area contributed by atoms with E-state index in [0.717, 1.165) is 38.8 Å². The fourth-order valence-corrected chi connectivity index (χ4v) is 2.90. The molecule has 0 amide bonds. The molecule has 3 N–H and O–H groups in total. The number of hydrogen-bond acceptors (Lipinski definition) is 3. The third-order valence-corrected chi connectivity index (χ3v) is 4.07. The number of hydrogen-bond donors (Lipinski definition) is 2. The fraction of sp³-hybridized carbons (Fsp3) is 1.00. The molecule has 0 aromatic carbocycles. The molecular formula is C10H20N2O. The van der Waals surface area contributed by atoms with E-state index < -0.39 is 0 Å². The summed E-state index contributed by atoms with van der Waals surface area (Å²) in [7, 11) is 2.14. The van der Waals surface area contributed by atoms with Crippen LogP contribution >= 0.6 is 0 Å². The lowest BCUT2D eigenvalue weighted by Crippen LogP contribution is -2.50. The Morgan fingerprint density at radius 3 is 2.38 bits per heavy atom. The van der Waals surface area contributed by atoms with E-state index in [9.17, 15) is 5.11 Å². The maximum absolute atomic E-state index is 9.96. The van der Waals surface area contributed by atoms with Gasteiger partial charge in [0, 0.05) is 11.5 Å². The first kappa shape index (κ1) is 9.44. The number of rotatable bonds is 0. The highest BCUT2D eigenvalue weighted by Gasteiger charge is 2.48. The summed E-state index contributed by atoms with van der Waals surface area (Å²) in [6, 6.07) is 0.233. The van der Waals surface area contributed by atoms with Gasteiger partial charge in [0.25, 0.3) is 0 Å². The molecule has 1 saturated carbocycles. The molecule has 0 bridgehead atoms. The Labute approximate surface area is 79.9 Å². The Bertz CT molecular complexity index is 175. The van der Waals surface area contributed by atoms with Crippen molar-refractivity contribution in [3.63, 3.8) is 0 Å². The van der Waals surface area contributed by atoms with Crippen LogP contribution in [0.15, 0.2) is 0 Å². The maximum atomic E-state index is 9.96. The first-order chi connectivity index (χ1) is 6.15. The topological polar surface area (TPSA) is 49.5 Å². The van der Waals surface area contributed by atoms with Gasteiger partial charge >= 0.3 is 0 Å². The Kier molecular flexibility index (Phi) is 2.34. The van der Waals surface area contributed by atoms with Gasteiger partial charge in [-0.05, 0) is 45.8 Å². The van der Waals surface area contributed by atoms with E-state index in [1.54, 1.807) is 0 Å². The minimum Gasteiger partial charge on any atom is -0.392 e. The standard InChI is InChI=1S/C10H20N2O/c1-12-6-4-10(5-7-12)8(11)2-3-9(10)13/h8-9,13H,2-7,11H2,1H3. The van der Waals surface area contributed by atoms with E-state index in [4.69, 9.17) is 5.73 Å². The van der Waals surface area contributed by atoms with Gasteiger partial charge in [0.2, 0.25) is 0 Å². The van der Waals surface area contributed by atoms with E-state index in [1.807, 2.05) is 0 Å². The largest absolute Gasteiger partial charge is 0.392 e. The molecule has 76 valence electrons. The first-order valence-electron chi connectivity index (χ1n) is 5.27. The molecule has 2 unspecified atom stereocenters. The molecule has 0 aromatic rings. The summed E-state index contributed by atoms with van der Waals surface area (Å²) in [5, 5.41) is 9.96. The molecular weight excluding hydrogens is 164 g/mol. The Hall–Kier alpha value is -0.120. The second-order valence-electron chi connectivity index (χ2n) is 4.74. The Morgan fingerprint density at radius 2 is 1.92 bits per heavy atom. The molecule has 3 nitrogen and oxygen atoms in total. The van der Waals surface area contributed by atoms with Gasteiger partial charge in [-0.3, -0.25) is 0 Å². The van der Waals surface area contributed by atoms with Crippen LogP contribution in [0.25, 0.3) is 0 Å². The van der Waals surface area contributed by atoms with E-state index in [0.29, 0.717) is 0 Å². The molecule has 0 radical (unpaired) electrons. The van der Waals surface area contributed by atoms with Crippen molar-refractivity contribution in [2.75, 3.05) is 20.1 Å². The quantitative estimate of drug-likeness (QED) is 0.564. The molecule has 3 heteroatoms. The van der Waals surface area contributed by atoms with Crippen LogP contribution in [-0.2, 0) is 0 Å². The summed E-state index contributed by atoms with van der Waals surface area (Å²) >= 11 is 0. The summed E-state index contributed by atoms with van der Waals surface area (Å²) in [6.07, 6.45) is 3.92. The van der Waals surface area contributed by atoms with Crippen molar-refractivity contribution in [1.82, 2.24) is 4.90 Å². The van der Waals surface area contributed by atoms with Gasteiger partial charge in [0.1, 0.15) is 0 Å². The summed E-state index contributed by atoms with van der Waals surface area (Å²) in [4.78, 5) is 2.32. The summed E-state index contributed by atoms with van der Waals surface area (Å²) in [5.41, 5.74) is 6.16. The van der Waals surface area contributed by atoms with Crippen LogP contribution in [0.4, 0.5) is 0 Å². The zero-order valence-corrected chi connectivity index (χ0v) is 8.37. The third-order valence-electron chi connectivity index (χ3n) is 4.07. The molecule has 1 saturated heterocycles. The molecule has 2 aliphatic rings. The lowest BCUT2D eigenvalue weighted by Gasteiger charge is -2.42. The predicted molar refractivity (Wildman–Crippen MR) is 52.4 cm³/mol. The summed E-state index contributed by atoms with van der Waals surface area (Å²) in [5.74, 6) is 0. The first-order valence-corrected chi connectivity index (χ1v) is 5.27. The van der Waals surface area contributed by atoms with Crippen LogP contribution in [0.5, 0.6) is 0 Å². The van der Waals surface area contributed by atoms with E-state index >= 15 is 0 Å². The van der Waals surface area contributed by atoms with Gasteiger partial charge in [0.15, 0.2) is 0 Å². The Balaban J connectivity index is 2.10. The molecule has 0 aromatic heterocycles. The van der Waals surface area contributed by atoms with Gasteiger partial charge in [0.05, 0.1) is 6.10 Å². The molecule has 2 fully saturated rings. The number of piperidine rings is 1. The van der Waals surface area contributed by atoms with Crippen molar-refractivity contribution in [3.8, 4) is 0 Å². The fourth-order valence-electron chi connectivity index (χ4n) is 2.90. The predicted octanol–water partition coefficient (Wildman–Crippen LogP) is 0.180.